The fourth-order valence-electron chi connectivity index (χ4n) is 1.77. The Morgan fingerprint density at radius 2 is 2.12 bits per heavy atom. The number of nitrogens with zero attached hydrogens (tertiary/aromatic N) is 1. The van der Waals surface area contributed by atoms with Gasteiger partial charge < -0.3 is 5.32 Å². The minimum absolute atomic E-state index is 0.974. The lowest BCUT2D eigenvalue weighted by Gasteiger charge is -2.06. The van der Waals surface area contributed by atoms with Crippen molar-refractivity contribution in [3.8, 4) is 0 Å². The molecule has 0 radical (unpaired) electrons. The van der Waals surface area contributed by atoms with Gasteiger partial charge in [-0.25, -0.2) is 4.98 Å². The third-order valence-electron chi connectivity index (χ3n) is 2.62. The molecule has 0 unspecified atom stereocenters. The number of aryl methyl sites for hydroxylation is 1. The van der Waals surface area contributed by atoms with Gasteiger partial charge >= 0.3 is 0 Å². The molecule has 2 aromatic rings. The topological polar surface area (TPSA) is 24.9 Å². The lowest BCUT2D eigenvalue weighted by Crippen LogP contribution is -2.08. The molecule has 3 heteroatoms. The molecule has 0 aliphatic rings. The number of aromatic nitrogens is 1. The fourth-order valence-corrected chi connectivity index (χ4v) is 2.27. The van der Waals surface area contributed by atoms with Crippen LogP contribution < -0.4 is 5.32 Å². The second-order valence-corrected chi connectivity index (χ2v) is 4.59. The van der Waals surface area contributed by atoms with Crippen LogP contribution in [0.1, 0.15) is 12.0 Å². The van der Waals surface area contributed by atoms with E-state index >= 15 is 0 Å². The van der Waals surface area contributed by atoms with Crippen molar-refractivity contribution in [1.29, 1.82) is 0 Å². The van der Waals surface area contributed by atoms with Crippen LogP contribution in [0.15, 0.2) is 34.9 Å². The quantitative estimate of drug-likeness (QED) is 0.687. The van der Waals surface area contributed by atoms with Crippen LogP contribution in [0.25, 0.3) is 10.9 Å². The summed E-state index contributed by atoms with van der Waals surface area (Å²) in [7, 11) is 1.98. The van der Waals surface area contributed by atoms with Gasteiger partial charge in [-0.05, 0) is 60.1 Å². The van der Waals surface area contributed by atoms with Crippen LogP contribution in [-0.2, 0) is 6.42 Å². The summed E-state index contributed by atoms with van der Waals surface area (Å²) in [5, 5.41) is 4.37. The summed E-state index contributed by atoms with van der Waals surface area (Å²) in [5.74, 6) is 0. The van der Waals surface area contributed by atoms with E-state index in [2.05, 4.69) is 44.4 Å². The van der Waals surface area contributed by atoms with Gasteiger partial charge in [-0.1, -0.05) is 18.2 Å². The molecule has 84 valence electrons. The standard InChI is InChI=1S/C13H15BrN2/c1-15-8-4-6-11-9-10-5-2-3-7-12(10)16-13(11)14/h2-3,5,7,9,15H,4,6,8H2,1H3. The Kier molecular flexibility index (Phi) is 3.91. The molecule has 0 amide bonds. The smallest absolute Gasteiger partial charge is 0.110 e. The molecule has 0 atom stereocenters. The maximum atomic E-state index is 4.55. The van der Waals surface area contributed by atoms with E-state index < -0.39 is 0 Å². The molecule has 1 N–H and O–H groups in total. The first-order valence-electron chi connectivity index (χ1n) is 5.50. The molecule has 0 saturated carbocycles. The van der Waals surface area contributed by atoms with Gasteiger partial charge in [-0.3, -0.25) is 0 Å². The number of para-hydroxylation sites is 1. The molecular weight excluding hydrogens is 264 g/mol. The van der Waals surface area contributed by atoms with E-state index in [1.807, 2.05) is 19.2 Å². The molecule has 1 aromatic heterocycles. The Bertz CT molecular complexity index is 482. The number of hydrogen-bond donors (Lipinski definition) is 1. The Morgan fingerprint density at radius 1 is 1.31 bits per heavy atom. The predicted octanol–water partition coefficient (Wildman–Crippen LogP) is 3.15. The molecule has 0 aliphatic carbocycles. The molecule has 1 heterocycles. The highest BCUT2D eigenvalue weighted by Gasteiger charge is 2.03. The van der Waals surface area contributed by atoms with Crippen LogP contribution in [-0.4, -0.2) is 18.6 Å². The molecule has 0 aliphatic heterocycles. The Hall–Kier alpha value is -0.930. The number of rotatable bonds is 4. The van der Waals surface area contributed by atoms with Crippen LogP contribution in [0.5, 0.6) is 0 Å². The number of pyridine rings is 1. The second kappa shape index (κ2) is 5.41. The van der Waals surface area contributed by atoms with E-state index in [0.29, 0.717) is 0 Å². The summed E-state index contributed by atoms with van der Waals surface area (Å²) in [5.41, 5.74) is 2.33. The molecular formula is C13H15BrN2. The van der Waals surface area contributed by atoms with Crippen LogP contribution in [0.4, 0.5) is 0 Å². The molecule has 1 aromatic carbocycles. The first kappa shape index (κ1) is 11.6. The van der Waals surface area contributed by atoms with Gasteiger partial charge in [0.25, 0.3) is 0 Å². The van der Waals surface area contributed by atoms with Gasteiger partial charge in [-0.15, -0.1) is 0 Å². The second-order valence-electron chi connectivity index (χ2n) is 3.84. The summed E-state index contributed by atoms with van der Waals surface area (Å²) in [4.78, 5) is 4.55. The summed E-state index contributed by atoms with van der Waals surface area (Å²) < 4.78 is 0.974. The molecule has 0 fully saturated rings. The molecule has 2 rings (SSSR count). The lowest BCUT2D eigenvalue weighted by atomic mass is 10.1. The van der Waals surface area contributed by atoms with E-state index in [4.69, 9.17) is 0 Å². The van der Waals surface area contributed by atoms with Crippen molar-refractivity contribution in [2.45, 2.75) is 12.8 Å². The van der Waals surface area contributed by atoms with E-state index in [1.54, 1.807) is 0 Å². The van der Waals surface area contributed by atoms with E-state index in [9.17, 15) is 0 Å². The number of benzene rings is 1. The average molecular weight is 279 g/mol. The zero-order valence-electron chi connectivity index (χ0n) is 9.33. The first-order chi connectivity index (χ1) is 7.81. The van der Waals surface area contributed by atoms with Crippen molar-refractivity contribution < 1.29 is 0 Å². The monoisotopic (exact) mass is 278 g/mol. The number of hydrogen-bond acceptors (Lipinski definition) is 2. The Labute approximate surface area is 104 Å². The van der Waals surface area contributed by atoms with Crippen molar-refractivity contribution in [1.82, 2.24) is 10.3 Å². The van der Waals surface area contributed by atoms with Crippen LogP contribution in [0.2, 0.25) is 0 Å². The van der Waals surface area contributed by atoms with Crippen molar-refractivity contribution in [2.24, 2.45) is 0 Å². The predicted molar refractivity (Wildman–Crippen MR) is 71.7 cm³/mol. The third kappa shape index (κ3) is 2.60. The summed E-state index contributed by atoms with van der Waals surface area (Å²) in [6.07, 6.45) is 2.19. The van der Waals surface area contributed by atoms with Crippen molar-refractivity contribution in [2.75, 3.05) is 13.6 Å². The average Bonchev–Trinajstić information content (AvgIpc) is 2.30. The van der Waals surface area contributed by atoms with Gasteiger partial charge in [-0.2, -0.15) is 0 Å². The highest BCUT2D eigenvalue weighted by atomic mass is 79.9. The highest BCUT2D eigenvalue weighted by molar-refractivity contribution is 9.10. The van der Waals surface area contributed by atoms with Crippen molar-refractivity contribution in [3.05, 3.63) is 40.5 Å². The minimum Gasteiger partial charge on any atom is -0.320 e. The summed E-state index contributed by atoms with van der Waals surface area (Å²) in [6, 6.07) is 10.4. The lowest BCUT2D eigenvalue weighted by molar-refractivity contribution is 0.722. The van der Waals surface area contributed by atoms with Gasteiger partial charge in [0, 0.05) is 5.39 Å². The summed E-state index contributed by atoms with van der Waals surface area (Å²) in [6.45, 7) is 1.04. The Balaban J connectivity index is 2.27. The van der Waals surface area contributed by atoms with Gasteiger partial charge in [0.1, 0.15) is 4.60 Å². The maximum Gasteiger partial charge on any atom is 0.110 e. The van der Waals surface area contributed by atoms with Gasteiger partial charge in [0.05, 0.1) is 5.52 Å². The fraction of sp³-hybridized carbons (Fsp3) is 0.308. The van der Waals surface area contributed by atoms with Crippen LogP contribution >= 0.6 is 15.9 Å². The zero-order chi connectivity index (χ0) is 11.4. The first-order valence-corrected chi connectivity index (χ1v) is 6.29. The normalized spacial score (nSPS) is 10.9. The van der Waals surface area contributed by atoms with E-state index in [0.717, 1.165) is 29.5 Å². The number of fused-ring (bicyclic) bond motifs is 1. The van der Waals surface area contributed by atoms with Crippen LogP contribution in [0.3, 0.4) is 0 Å². The maximum absolute atomic E-state index is 4.55. The van der Waals surface area contributed by atoms with Gasteiger partial charge in [0.2, 0.25) is 0 Å². The zero-order valence-corrected chi connectivity index (χ0v) is 10.9. The SMILES string of the molecule is CNCCCc1cc2ccccc2nc1Br. The highest BCUT2D eigenvalue weighted by Crippen LogP contribution is 2.21. The third-order valence-corrected chi connectivity index (χ3v) is 3.31. The van der Waals surface area contributed by atoms with E-state index in [1.165, 1.54) is 10.9 Å². The largest absolute Gasteiger partial charge is 0.320 e. The van der Waals surface area contributed by atoms with E-state index in [-0.39, 0.29) is 0 Å². The molecule has 2 nitrogen and oxygen atoms in total. The Morgan fingerprint density at radius 3 is 2.94 bits per heavy atom. The van der Waals surface area contributed by atoms with Crippen molar-refractivity contribution >= 4 is 26.8 Å². The minimum atomic E-state index is 0.974. The molecule has 0 bridgehead atoms. The molecule has 0 spiro atoms. The molecule has 0 saturated heterocycles. The number of halogens is 1. The number of nitrogens with one attached hydrogen (secondary N) is 1. The molecule has 16 heavy (non-hydrogen) atoms. The van der Waals surface area contributed by atoms with Gasteiger partial charge in [0.15, 0.2) is 0 Å². The van der Waals surface area contributed by atoms with Crippen LogP contribution in [0, 0.1) is 0 Å². The summed E-state index contributed by atoms with van der Waals surface area (Å²) >= 11 is 3.54. The van der Waals surface area contributed by atoms with Crippen molar-refractivity contribution in [3.63, 3.8) is 0 Å².